The number of rotatable bonds is 4. The van der Waals surface area contributed by atoms with E-state index in [-0.39, 0.29) is 11.9 Å². The van der Waals surface area contributed by atoms with Crippen LogP contribution in [0, 0.1) is 11.8 Å². The molecule has 0 aliphatic rings. The highest BCUT2D eigenvalue weighted by Crippen LogP contribution is 2.12. The predicted octanol–water partition coefficient (Wildman–Crippen LogP) is 2.23. The van der Waals surface area contributed by atoms with Crippen molar-refractivity contribution in [3.05, 3.63) is 0 Å². The number of esters is 1. The van der Waals surface area contributed by atoms with E-state index in [9.17, 15) is 4.79 Å². The summed E-state index contributed by atoms with van der Waals surface area (Å²) in [6, 6.07) is 0. The van der Waals surface area contributed by atoms with Gasteiger partial charge in [0.05, 0.1) is 13.0 Å². The van der Waals surface area contributed by atoms with E-state index in [1.54, 1.807) is 0 Å². The molecule has 2 nitrogen and oxygen atoms in total. The lowest BCUT2D eigenvalue weighted by Crippen LogP contribution is -2.13. The SMILES string of the molecule is COC(=O)C(C)CCC(C)C. The van der Waals surface area contributed by atoms with Gasteiger partial charge in [-0.05, 0) is 12.3 Å². The van der Waals surface area contributed by atoms with Crippen molar-refractivity contribution < 1.29 is 9.53 Å². The fourth-order valence-electron chi connectivity index (χ4n) is 0.902. The molecule has 66 valence electrons. The van der Waals surface area contributed by atoms with Gasteiger partial charge in [0.2, 0.25) is 0 Å². The van der Waals surface area contributed by atoms with Crippen molar-refractivity contribution in [1.82, 2.24) is 0 Å². The first-order valence-electron chi connectivity index (χ1n) is 4.15. The summed E-state index contributed by atoms with van der Waals surface area (Å²) in [4.78, 5) is 10.9. The molecule has 0 aliphatic carbocycles. The van der Waals surface area contributed by atoms with Crippen LogP contribution >= 0.6 is 0 Å². The third kappa shape index (κ3) is 4.82. The second kappa shape index (κ2) is 5.16. The van der Waals surface area contributed by atoms with Gasteiger partial charge in [0.25, 0.3) is 0 Å². The Hall–Kier alpha value is -0.530. The molecule has 0 amide bonds. The molecule has 2 heteroatoms. The number of ether oxygens (including phenoxy) is 1. The zero-order valence-corrected chi connectivity index (χ0v) is 7.89. The number of hydrogen-bond acceptors (Lipinski definition) is 2. The van der Waals surface area contributed by atoms with Gasteiger partial charge in [-0.2, -0.15) is 0 Å². The van der Waals surface area contributed by atoms with E-state index in [2.05, 4.69) is 18.6 Å². The Balaban J connectivity index is 3.52. The molecule has 0 saturated carbocycles. The first-order valence-corrected chi connectivity index (χ1v) is 4.15. The largest absolute Gasteiger partial charge is 0.469 e. The Labute approximate surface area is 68.9 Å². The number of methoxy groups -OCH3 is 1. The van der Waals surface area contributed by atoms with Crippen molar-refractivity contribution in [2.75, 3.05) is 7.11 Å². The van der Waals surface area contributed by atoms with Gasteiger partial charge in [-0.15, -0.1) is 0 Å². The summed E-state index contributed by atoms with van der Waals surface area (Å²) in [5.74, 6) is 0.634. The first kappa shape index (κ1) is 10.5. The maximum absolute atomic E-state index is 10.9. The van der Waals surface area contributed by atoms with Crippen molar-refractivity contribution in [2.45, 2.75) is 33.6 Å². The monoisotopic (exact) mass is 158 g/mol. The average molecular weight is 158 g/mol. The first-order chi connectivity index (χ1) is 5.07. The topological polar surface area (TPSA) is 26.3 Å². The molecule has 0 fully saturated rings. The second-order valence-corrected chi connectivity index (χ2v) is 3.40. The molecule has 0 aliphatic heterocycles. The second-order valence-electron chi connectivity index (χ2n) is 3.40. The summed E-state index contributed by atoms with van der Waals surface area (Å²) in [7, 11) is 1.44. The minimum absolute atomic E-state index is 0.0578. The maximum atomic E-state index is 10.9. The normalized spacial score (nSPS) is 13.2. The molecule has 0 aromatic rings. The Morgan fingerprint density at radius 2 is 1.82 bits per heavy atom. The molecule has 11 heavy (non-hydrogen) atoms. The Morgan fingerprint density at radius 1 is 1.27 bits per heavy atom. The van der Waals surface area contributed by atoms with Crippen LogP contribution in [0.3, 0.4) is 0 Å². The number of carbonyl (C=O) groups is 1. The predicted molar refractivity (Wildman–Crippen MR) is 45.3 cm³/mol. The van der Waals surface area contributed by atoms with Crippen molar-refractivity contribution in [3.8, 4) is 0 Å². The molecule has 0 radical (unpaired) electrons. The van der Waals surface area contributed by atoms with E-state index in [0.717, 1.165) is 12.8 Å². The lowest BCUT2D eigenvalue weighted by molar-refractivity contribution is -0.145. The van der Waals surface area contributed by atoms with E-state index >= 15 is 0 Å². The third-order valence-corrected chi connectivity index (χ3v) is 1.78. The van der Waals surface area contributed by atoms with Gasteiger partial charge in [-0.25, -0.2) is 0 Å². The molecule has 1 atom stereocenters. The van der Waals surface area contributed by atoms with E-state index in [4.69, 9.17) is 0 Å². The lowest BCUT2D eigenvalue weighted by Gasteiger charge is -2.09. The quantitative estimate of drug-likeness (QED) is 0.586. The number of carbonyl (C=O) groups excluding carboxylic acids is 1. The summed E-state index contributed by atoms with van der Waals surface area (Å²) in [6.45, 7) is 6.22. The highest BCUT2D eigenvalue weighted by atomic mass is 16.5. The molecule has 0 bridgehead atoms. The number of hydrogen-bond donors (Lipinski definition) is 0. The van der Waals surface area contributed by atoms with E-state index < -0.39 is 0 Å². The average Bonchev–Trinajstić information content (AvgIpc) is 1.98. The fraction of sp³-hybridized carbons (Fsp3) is 0.889. The highest BCUT2D eigenvalue weighted by Gasteiger charge is 2.12. The van der Waals surface area contributed by atoms with E-state index in [1.807, 2.05) is 6.92 Å². The molecule has 0 spiro atoms. The van der Waals surface area contributed by atoms with Gasteiger partial charge in [0.1, 0.15) is 0 Å². The van der Waals surface area contributed by atoms with Gasteiger partial charge in [0.15, 0.2) is 0 Å². The van der Waals surface area contributed by atoms with Gasteiger partial charge in [-0.3, -0.25) is 4.79 Å². The molecular formula is C9H18O2. The molecule has 0 heterocycles. The zero-order chi connectivity index (χ0) is 8.85. The van der Waals surface area contributed by atoms with Gasteiger partial charge in [0, 0.05) is 0 Å². The summed E-state index contributed by atoms with van der Waals surface area (Å²) in [5, 5.41) is 0. The lowest BCUT2D eigenvalue weighted by atomic mass is 10.00. The van der Waals surface area contributed by atoms with Gasteiger partial charge < -0.3 is 4.74 Å². The van der Waals surface area contributed by atoms with Crippen LogP contribution in [0.1, 0.15) is 33.6 Å². The molecule has 0 N–H and O–H groups in total. The molecule has 0 rings (SSSR count). The Kier molecular flexibility index (Phi) is 4.92. The summed E-state index contributed by atoms with van der Waals surface area (Å²) < 4.78 is 4.61. The van der Waals surface area contributed by atoms with Crippen LogP contribution in [-0.4, -0.2) is 13.1 Å². The van der Waals surface area contributed by atoms with Crippen LogP contribution in [-0.2, 0) is 9.53 Å². The van der Waals surface area contributed by atoms with Crippen molar-refractivity contribution >= 4 is 5.97 Å². The minimum Gasteiger partial charge on any atom is -0.469 e. The summed E-state index contributed by atoms with van der Waals surface area (Å²) in [5.41, 5.74) is 0. The molecular weight excluding hydrogens is 140 g/mol. The van der Waals surface area contributed by atoms with Gasteiger partial charge >= 0.3 is 5.97 Å². The highest BCUT2D eigenvalue weighted by molar-refractivity contribution is 5.71. The standard InChI is InChI=1S/C9H18O2/c1-7(2)5-6-8(3)9(10)11-4/h7-8H,5-6H2,1-4H3. The summed E-state index contributed by atoms with van der Waals surface area (Å²) in [6.07, 6.45) is 2.03. The minimum atomic E-state index is -0.0920. The molecule has 0 saturated heterocycles. The molecule has 0 aromatic heterocycles. The van der Waals surface area contributed by atoms with Crippen molar-refractivity contribution in [1.29, 1.82) is 0 Å². The van der Waals surface area contributed by atoms with Crippen LogP contribution in [0.2, 0.25) is 0 Å². The Morgan fingerprint density at radius 3 is 2.18 bits per heavy atom. The smallest absolute Gasteiger partial charge is 0.308 e. The fourth-order valence-corrected chi connectivity index (χ4v) is 0.902. The van der Waals surface area contributed by atoms with Crippen LogP contribution in [0.25, 0.3) is 0 Å². The molecule has 1 unspecified atom stereocenters. The van der Waals surface area contributed by atoms with Crippen LogP contribution in [0.15, 0.2) is 0 Å². The summed E-state index contributed by atoms with van der Waals surface area (Å²) >= 11 is 0. The zero-order valence-electron chi connectivity index (χ0n) is 7.89. The molecule has 0 aromatic carbocycles. The van der Waals surface area contributed by atoms with Crippen LogP contribution in [0.4, 0.5) is 0 Å². The third-order valence-electron chi connectivity index (χ3n) is 1.78. The van der Waals surface area contributed by atoms with Crippen molar-refractivity contribution in [3.63, 3.8) is 0 Å². The van der Waals surface area contributed by atoms with Gasteiger partial charge in [-0.1, -0.05) is 27.2 Å². The van der Waals surface area contributed by atoms with Crippen molar-refractivity contribution in [2.24, 2.45) is 11.8 Å². The van der Waals surface area contributed by atoms with Crippen LogP contribution < -0.4 is 0 Å². The van der Waals surface area contributed by atoms with E-state index in [1.165, 1.54) is 7.11 Å². The maximum Gasteiger partial charge on any atom is 0.308 e. The van der Waals surface area contributed by atoms with E-state index in [0.29, 0.717) is 5.92 Å². The Bertz CT molecular complexity index is 119. The van der Waals surface area contributed by atoms with Crippen LogP contribution in [0.5, 0.6) is 0 Å².